The van der Waals surface area contributed by atoms with Gasteiger partial charge in [-0.05, 0) is 33.2 Å². The Bertz CT molecular complexity index is 262. The zero-order valence-electron chi connectivity index (χ0n) is 8.79. The molecule has 1 heterocycles. The normalized spacial score (nSPS) is 22.9. The molecule has 0 aromatic heterocycles. The molecule has 3 heteroatoms. The molecule has 3 nitrogen and oxygen atoms in total. The Morgan fingerprint density at radius 1 is 1.57 bits per heavy atom. The zero-order chi connectivity index (χ0) is 10.6. The Morgan fingerprint density at radius 3 is 2.86 bits per heavy atom. The third kappa shape index (κ3) is 3.39. The molecule has 0 saturated carbocycles. The average molecular weight is 195 g/mol. The van der Waals surface area contributed by atoms with Gasteiger partial charge in [0.2, 0.25) is 0 Å². The van der Waals surface area contributed by atoms with Crippen LogP contribution in [0, 0.1) is 17.8 Å². The van der Waals surface area contributed by atoms with Gasteiger partial charge >= 0.3 is 5.97 Å². The lowest BCUT2D eigenvalue weighted by Crippen LogP contribution is -2.39. The van der Waals surface area contributed by atoms with Crippen LogP contribution in [-0.4, -0.2) is 35.1 Å². The number of likely N-dealkylation sites (tertiary alicyclic amines) is 1. The average Bonchev–Trinajstić information content (AvgIpc) is 2.15. The summed E-state index contributed by atoms with van der Waals surface area (Å²) in [5, 5.41) is 8.43. The molecule has 1 fully saturated rings. The summed E-state index contributed by atoms with van der Waals surface area (Å²) in [6.07, 6.45) is 2.15. The van der Waals surface area contributed by atoms with Crippen molar-refractivity contribution in [2.45, 2.75) is 32.7 Å². The molecular weight excluding hydrogens is 178 g/mol. The summed E-state index contributed by atoms with van der Waals surface area (Å²) in [6, 6.07) is 0.532. The van der Waals surface area contributed by atoms with E-state index in [0.29, 0.717) is 6.04 Å². The highest BCUT2D eigenvalue weighted by Gasteiger charge is 2.19. The molecule has 0 bridgehead atoms. The van der Waals surface area contributed by atoms with Crippen molar-refractivity contribution in [1.82, 2.24) is 4.90 Å². The number of carbonyl (C=O) groups is 1. The minimum absolute atomic E-state index is 0.238. The molecule has 0 radical (unpaired) electrons. The molecule has 0 aromatic carbocycles. The van der Waals surface area contributed by atoms with Crippen LogP contribution < -0.4 is 0 Å². The minimum Gasteiger partial charge on any atom is -0.472 e. The molecule has 14 heavy (non-hydrogen) atoms. The number of rotatable bonds is 1. The molecule has 1 N–H and O–H groups in total. The van der Waals surface area contributed by atoms with Gasteiger partial charge in [0.05, 0.1) is 0 Å². The summed E-state index contributed by atoms with van der Waals surface area (Å²) in [5.41, 5.74) is 0. The largest absolute Gasteiger partial charge is 0.472 e. The van der Waals surface area contributed by atoms with E-state index in [1.54, 1.807) is 0 Å². The van der Waals surface area contributed by atoms with Crippen molar-refractivity contribution in [1.29, 1.82) is 0 Å². The van der Waals surface area contributed by atoms with Gasteiger partial charge in [-0.2, -0.15) is 0 Å². The van der Waals surface area contributed by atoms with Crippen LogP contribution in [0.1, 0.15) is 26.7 Å². The van der Waals surface area contributed by atoms with E-state index in [2.05, 4.69) is 30.6 Å². The molecule has 1 atom stereocenters. The van der Waals surface area contributed by atoms with Gasteiger partial charge in [-0.15, -0.1) is 0 Å². The number of hydrogen-bond acceptors (Lipinski definition) is 2. The van der Waals surface area contributed by atoms with E-state index >= 15 is 0 Å². The molecular formula is C11H17NO2. The molecule has 0 aromatic rings. The molecule has 0 spiro atoms. The van der Waals surface area contributed by atoms with Gasteiger partial charge in [0.25, 0.3) is 0 Å². The minimum atomic E-state index is -1.02. The first-order valence-corrected chi connectivity index (χ1v) is 5.08. The lowest BCUT2D eigenvalue weighted by molar-refractivity contribution is -0.130. The van der Waals surface area contributed by atoms with Crippen molar-refractivity contribution in [2.24, 2.45) is 5.92 Å². The van der Waals surface area contributed by atoms with Crippen molar-refractivity contribution < 1.29 is 9.90 Å². The van der Waals surface area contributed by atoms with E-state index in [-0.39, 0.29) is 5.92 Å². The van der Waals surface area contributed by atoms with E-state index < -0.39 is 5.97 Å². The van der Waals surface area contributed by atoms with Crippen molar-refractivity contribution in [3.63, 3.8) is 0 Å². The van der Waals surface area contributed by atoms with E-state index in [9.17, 15) is 4.79 Å². The maximum absolute atomic E-state index is 10.3. The van der Waals surface area contributed by atoms with Gasteiger partial charge in [0.15, 0.2) is 0 Å². The van der Waals surface area contributed by atoms with Gasteiger partial charge in [-0.25, -0.2) is 4.79 Å². The number of nitrogens with zero attached hydrogens (tertiary/aromatic N) is 1. The Balaban J connectivity index is 2.49. The van der Waals surface area contributed by atoms with E-state index in [0.717, 1.165) is 25.9 Å². The molecule has 1 saturated heterocycles. The first-order chi connectivity index (χ1) is 6.59. The van der Waals surface area contributed by atoms with Crippen LogP contribution in [0.25, 0.3) is 0 Å². The Labute approximate surface area is 85.1 Å². The smallest absolute Gasteiger partial charge is 0.381 e. The number of carboxylic acid groups (broad SMARTS) is 1. The Kier molecular flexibility index (Phi) is 3.97. The lowest BCUT2D eigenvalue weighted by atomic mass is 9.97. The first kappa shape index (κ1) is 11.1. The quantitative estimate of drug-likeness (QED) is 0.639. The second kappa shape index (κ2) is 5.02. The third-order valence-corrected chi connectivity index (χ3v) is 2.57. The molecule has 1 aliphatic rings. The molecule has 1 unspecified atom stereocenters. The van der Waals surface area contributed by atoms with Gasteiger partial charge in [-0.1, -0.05) is 5.92 Å². The molecule has 1 aliphatic heterocycles. The van der Waals surface area contributed by atoms with Crippen molar-refractivity contribution in [3.8, 4) is 11.8 Å². The monoisotopic (exact) mass is 195 g/mol. The standard InChI is InChI=1S/C11H17NO2/c1-9(2)12-7-3-4-10(8-12)5-6-11(13)14/h9-10H,3-4,7-8H2,1-2H3,(H,13,14). The van der Waals surface area contributed by atoms with Crippen LogP contribution in [0.15, 0.2) is 0 Å². The van der Waals surface area contributed by atoms with Crippen LogP contribution in [0.3, 0.4) is 0 Å². The second-order valence-corrected chi connectivity index (χ2v) is 4.00. The molecule has 1 rings (SSSR count). The second-order valence-electron chi connectivity index (χ2n) is 4.00. The first-order valence-electron chi connectivity index (χ1n) is 5.08. The third-order valence-electron chi connectivity index (χ3n) is 2.57. The summed E-state index contributed by atoms with van der Waals surface area (Å²) in [4.78, 5) is 12.6. The fraction of sp³-hybridized carbons (Fsp3) is 0.727. The zero-order valence-corrected chi connectivity index (χ0v) is 8.79. The fourth-order valence-electron chi connectivity index (χ4n) is 1.76. The van der Waals surface area contributed by atoms with Crippen molar-refractivity contribution in [2.75, 3.05) is 13.1 Å². The summed E-state index contributed by atoms with van der Waals surface area (Å²) < 4.78 is 0. The Hall–Kier alpha value is -1.01. The van der Waals surface area contributed by atoms with Crippen LogP contribution in [0.2, 0.25) is 0 Å². The molecule has 78 valence electrons. The van der Waals surface area contributed by atoms with Gasteiger partial charge in [0.1, 0.15) is 0 Å². The van der Waals surface area contributed by atoms with E-state index in [1.165, 1.54) is 0 Å². The van der Waals surface area contributed by atoms with E-state index in [4.69, 9.17) is 5.11 Å². The Morgan fingerprint density at radius 2 is 2.29 bits per heavy atom. The molecule has 0 aliphatic carbocycles. The number of aliphatic carboxylic acids is 1. The van der Waals surface area contributed by atoms with Gasteiger partial charge in [-0.3, -0.25) is 4.90 Å². The highest BCUT2D eigenvalue weighted by Crippen LogP contribution is 2.17. The van der Waals surface area contributed by atoms with Crippen molar-refractivity contribution >= 4 is 5.97 Å². The highest BCUT2D eigenvalue weighted by molar-refractivity contribution is 5.86. The number of carboxylic acids is 1. The summed E-state index contributed by atoms with van der Waals surface area (Å²) >= 11 is 0. The predicted octanol–water partition coefficient (Wildman–Crippen LogP) is 1.19. The SMILES string of the molecule is CC(C)N1CCCC(C#CC(=O)O)C1. The van der Waals surface area contributed by atoms with Crippen molar-refractivity contribution in [3.05, 3.63) is 0 Å². The van der Waals surface area contributed by atoms with Crippen LogP contribution >= 0.6 is 0 Å². The summed E-state index contributed by atoms with van der Waals surface area (Å²) in [6.45, 7) is 6.35. The summed E-state index contributed by atoms with van der Waals surface area (Å²) in [5.74, 6) is 4.25. The van der Waals surface area contributed by atoms with Crippen LogP contribution in [-0.2, 0) is 4.79 Å². The predicted molar refractivity (Wildman–Crippen MR) is 54.8 cm³/mol. The topological polar surface area (TPSA) is 40.5 Å². The number of piperidine rings is 1. The maximum Gasteiger partial charge on any atom is 0.381 e. The fourth-order valence-corrected chi connectivity index (χ4v) is 1.76. The van der Waals surface area contributed by atoms with Gasteiger partial charge < -0.3 is 5.11 Å². The number of hydrogen-bond donors (Lipinski definition) is 1. The van der Waals surface area contributed by atoms with Crippen LogP contribution in [0.5, 0.6) is 0 Å². The maximum atomic E-state index is 10.3. The van der Waals surface area contributed by atoms with Gasteiger partial charge in [0, 0.05) is 24.4 Å². The molecule has 0 amide bonds. The lowest BCUT2D eigenvalue weighted by Gasteiger charge is -2.33. The van der Waals surface area contributed by atoms with Crippen LogP contribution in [0.4, 0.5) is 0 Å². The van der Waals surface area contributed by atoms with E-state index in [1.807, 2.05) is 0 Å². The highest BCUT2D eigenvalue weighted by atomic mass is 16.4. The summed E-state index contributed by atoms with van der Waals surface area (Å²) in [7, 11) is 0.